The molecule has 4 amide bonds. The van der Waals surface area contributed by atoms with Crippen LogP contribution in [0.25, 0.3) is 0 Å². The standard InChI is InChI=1S/C52H49N7O7/c1-34(35-16-5-2-6-17-35)55-51(64)58-40-24-13-12-23-39(40)52(49(58)63)42(47(61)56-28-30-57(31-29-56)50-53-26-15-27-54-50)44-48(62)66-45(37-20-9-4-10-21-37)43(36-18-7-3-8-19-36)59(44)46(52)38-22-11-14-25-41(38)65-33-32-60/h2-27,34,42-46,60H,28-33H2,1H3,(H,55,64)/t34-,42-,43-,44-,45+,46+,52-/m1/s1. The van der Waals surface area contributed by atoms with Gasteiger partial charge in [0.15, 0.2) is 0 Å². The zero-order valence-corrected chi connectivity index (χ0v) is 36.3. The summed E-state index contributed by atoms with van der Waals surface area (Å²) in [5, 5.41) is 13.1. The number of hydrogen-bond acceptors (Lipinski definition) is 11. The van der Waals surface area contributed by atoms with Crippen LogP contribution < -0.4 is 19.9 Å². The minimum Gasteiger partial charge on any atom is -0.491 e. The largest absolute Gasteiger partial charge is 0.491 e. The molecule has 4 aliphatic rings. The normalized spacial score (nSPS) is 24.1. The van der Waals surface area contributed by atoms with E-state index in [1.165, 1.54) is 0 Å². The number of amides is 4. The molecule has 0 bridgehead atoms. The minimum atomic E-state index is -1.93. The molecule has 3 saturated heterocycles. The van der Waals surface area contributed by atoms with Gasteiger partial charge in [0.05, 0.1) is 36.3 Å². The number of aromatic nitrogens is 2. The predicted octanol–water partition coefficient (Wildman–Crippen LogP) is 6.33. The Hall–Kier alpha value is -7.42. The number of benzene rings is 5. The van der Waals surface area contributed by atoms with Crippen molar-refractivity contribution in [2.24, 2.45) is 5.92 Å². The molecule has 6 aromatic rings. The number of hydrogen-bond donors (Lipinski definition) is 2. The van der Waals surface area contributed by atoms with E-state index in [-0.39, 0.29) is 26.3 Å². The zero-order valence-electron chi connectivity index (χ0n) is 36.3. The quantitative estimate of drug-likeness (QED) is 0.148. The maximum atomic E-state index is 16.5. The summed E-state index contributed by atoms with van der Waals surface area (Å²) in [5.41, 5.74) is 1.63. The van der Waals surface area contributed by atoms with E-state index in [2.05, 4.69) is 15.3 Å². The van der Waals surface area contributed by atoms with Gasteiger partial charge in [-0.05, 0) is 47.4 Å². The molecular weight excluding hydrogens is 835 g/mol. The second-order valence-electron chi connectivity index (χ2n) is 17.0. The molecular formula is C52H49N7O7. The van der Waals surface area contributed by atoms with Crippen molar-refractivity contribution in [3.8, 4) is 5.75 Å². The van der Waals surface area contributed by atoms with Gasteiger partial charge in [-0.15, -0.1) is 0 Å². The number of aliphatic hydroxyl groups excluding tert-OH is 1. The molecule has 334 valence electrons. The maximum Gasteiger partial charge on any atom is 0.329 e. The van der Waals surface area contributed by atoms with E-state index in [4.69, 9.17) is 9.47 Å². The van der Waals surface area contributed by atoms with E-state index in [9.17, 15) is 9.90 Å². The average molecular weight is 884 g/mol. The molecule has 3 fully saturated rings. The fraction of sp³-hybridized carbons (Fsp3) is 0.269. The Morgan fingerprint density at radius 1 is 0.773 bits per heavy atom. The number of nitrogens with one attached hydrogen (secondary N) is 1. The van der Waals surface area contributed by atoms with E-state index in [1.807, 2.05) is 120 Å². The predicted molar refractivity (Wildman–Crippen MR) is 245 cm³/mol. The van der Waals surface area contributed by atoms with Crippen molar-refractivity contribution in [2.45, 2.75) is 42.6 Å². The molecule has 14 heteroatoms. The number of para-hydroxylation sites is 2. The molecule has 0 radical (unpaired) electrons. The zero-order chi connectivity index (χ0) is 45.4. The van der Waals surface area contributed by atoms with Gasteiger partial charge >= 0.3 is 12.0 Å². The first-order valence-electron chi connectivity index (χ1n) is 22.3. The van der Waals surface area contributed by atoms with Gasteiger partial charge in [-0.2, -0.15) is 0 Å². The highest BCUT2D eigenvalue weighted by molar-refractivity contribution is 6.24. The van der Waals surface area contributed by atoms with Gasteiger partial charge in [0.25, 0.3) is 0 Å². The lowest BCUT2D eigenvalue weighted by atomic mass is 9.65. The molecule has 5 aromatic carbocycles. The van der Waals surface area contributed by atoms with Crippen molar-refractivity contribution in [1.29, 1.82) is 0 Å². The van der Waals surface area contributed by atoms with Crippen molar-refractivity contribution in [3.63, 3.8) is 0 Å². The maximum absolute atomic E-state index is 16.5. The number of carbonyl (C=O) groups excluding carboxylic acids is 4. The number of imide groups is 1. The van der Waals surface area contributed by atoms with Crippen LogP contribution in [0.5, 0.6) is 5.75 Å². The number of rotatable bonds is 10. The minimum absolute atomic E-state index is 0.0643. The molecule has 14 nitrogen and oxygen atoms in total. The van der Waals surface area contributed by atoms with Crippen LogP contribution in [0.3, 0.4) is 0 Å². The molecule has 10 rings (SSSR count). The van der Waals surface area contributed by atoms with Crippen LogP contribution in [0.2, 0.25) is 0 Å². The van der Waals surface area contributed by atoms with Crippen molar-refractivity contribution in [2.75, 3.05) is 49.2 Å². The van der Waals surface area contributed by atoms with Crippen LogP contribution >= 0.6 is 0 Å². The Morgan fingerprint density at radius 2 is 1.39 bits per heavy atom. The highest BCUT2D eigenvalue weighted by Crippen LogP contribution is 2.66. The summed E-state index contributed by atoms with van der Waals surface area (Å²) in [6, 6.07) is 40.2. The Balaban J connectivity index is 1.21. The summed E-state index contributed by atoms with van der Waals surface area (Å²) in [6.07, 6.45) is 2.46. The lowest BCUT2D eigenvalue weighted by Crippen LogP contribution is -2.59. The SMILES string of the molecule is C[C@@H](NC(=O)N1C(=O)[C@@]2(c3ccccc31)[C@H](c1ccccc1OCCO)N1[C@H](c3ccccc3)[C@H](c3ccccc3)OC(=O)[C@H]1[C@@H]2C(=O)N1CCN(c2ncccn2)CC1)c1ccccc1. The number of anilines is 2. The van der Waals surface area contributed by atoms with E-state index in [0.717, 1.165) is 21.6 Å². The van der Waals surface area contributed by atoms with Crippen molar-refractivity contribution >= 4 is 35.5 Å². The number of fused-ring (bicyclic) bond motifs is 3. The van der Waals surface area contributed by atoms with Gasteiger partial charge in [0.1, 0.15) is 29.9 Å². The second kappa shape index (κ2) is 17.9. The van der Waals surface area contributed by atoms with Gasteiger partial charge < -0.3 is 29.7 Å². The molecule has 7 atom stereocenters. The van der Waals surface area contributed by atoms with E-state index >= 15 is 14.4 Å². The Bertz CT molecular complexity index is 2720. The van der Waals surface area contributed by atoms with Crippen LogP contribution in [0, 0.1) is 5.92 Å². The Labute approximate surface area is 382 Å². The van der Waals surface area contributed by atoms with Crippen molar-refractivity contribution in [1.82, 2.24) is 25.1 Å². The number of morpholine rings is 1. The van der Waals surface area contributed by atoms with Crippen LogP contribution in [0.15, 0.2) is 158 Å². The highest BCUT2D eigenvalue weighted by Gasteiger charge is 2.76. The molecule has 2 N–H and O–H groups in total. The van der Waals surface area contributed by atoms with Gasteiger partial charge in [0.2, 0.25) is 17.8 Å². The molecule has 1 spiro atoms. The van der Waals surface area contributed by atoms with E-state index < -0.39 is 65.4 Å². The first kappa shape index (κ1) is 42.5. The number of aliphatic hydroxyl groups is 1. The van der Waals surface area contributed by atoms with Crippen molar-refractivity contribution in [3.05, 3.63) is 186 Å². The summed E-state index contributed by atoms with van der Waals surface area (Å²) in [7, 11) is 0. The first-order chi connectivity index (χ1) is 32.3. The third-order valence-electron chi connectivity index (χ3n) is 13.5. The molecule has 0 aliphatic carbocycles. The van der Waals surface area contributed by atoms with Gasteiger partial charge in [-0.1, -0.05) is 127 Å². The number of piperazine rings is 1. The summed E-state index contributed by atoms with van der Waals surface area (Å²) < 4.78 is 12.9. The van der Waals surface area contributed by atoms with E-state index in [0.29, 0.717) is 41.6 Å². The summed E-state index contributed by atoms with van der Waals surface area (Å²) in [5.74, 6) is -2.29. The lowest BCUT2D eigenvalue weighted by Gasteiger charge is -2.46. The topological polar surface area (TPSA) is 158 Å². The number of carbonyl (C=O) groups is 4. The molecule has 4 aliphatic heterocycles. The molecule has 0 saturated carbocycles. The fourth-order valence-corrected chi connectivity index (χ4v) is 10.7. The number of ether oxygens (including phenoxy) is 2. The molecule has 5 heterocycles. The van der Waals surface area contributed by atoms with Gasteiger partial charge in [-0.3, -0.25) is 19.3 Å². The number of esters is 1. The average Bonchev–Trinajstić information content (AvgIpc) is 3.83. The summed E-state index contributed by atoms with van der Waals surface area (Å²) in [6.45, 7) is 2.78. The van der Waals surface area contributed by atoms with Gasteiger partial charge in [0, 0.05) is 44.1 Å². The molecule has 66 heavy (non-hydrogen) atoms. The van der Waals surface area contributed by atoms with Crippen LogP contribution in [-0.4, -0.2) is 94.1 Å². The molecule has 0 unspecified atom stereocenters. The van der Waals surface area contributed by atoms with Crippen LogP contribution in [0.1, 0.15) is 59.0 Å². The number of cyclic esters (lactones) is 1. The summed E-state index contributed by atoms with van der Waals surface area (Å²) in [4.78, 5) is 78.8. The number of urea groups is 1. The second-order valence-corrected chi connectivity index (χ2v) is 17.0. The Kier molecular flexibility index (Phi) is 11.5. The number of nitrogens with zero attached hydrogens (tertiary/aromatic N) is 6. The van der Waals surface area contributed by atoms with Crippen LogP contribution in [0.4, 0.5) is 16.4 Å². The highest BCUT2D eigenvalue weighted by atomic mass is 16.6. The lowest BCUT2D eigenvalue weighted by molar-refractivity contribution is -0.179. The van der Waals surface area contributed by atoms with Gasteiger partial charge in [-0.25, -0.2) is 19.7 Å². The molecule has 1 aromatic heterocycles. The van der Waals surface area contributed by atoms with Crippen molar-refractivity contribution < 1.29 is 33.8 Å². The van der Waals surface area contributed by atoms with Crippen LogP contribution in [-0.2, 0) is 24.5 Å². The smallest absolute Gasteiger partial charge is 0.329 e. The third kappa shape index (κ3) is 7.13. The summed E-state index contributed by atoms with van der Waals surface area (Å²) >= 11 is 0. The third-order valence-corrected chi connectivity index (χ3v) is 13.5. The first-order valence-corrected chi connectivity index (χ1v) is 22.3. The Morgan fingerprint density at radius 3 is 2.09 bits per heavy atom. The monoisotopic (exact) mass is 883 g/mol. The van der Waals surface area contributed by atoms with E-state index in [1.54, 1.807) is 59.8 Å². The fourth-order valence-electron chi connectivity index (χ4n) is 10.7.